The van der Waals surface area contributed by atoms with E-state index in [1.807, 2.05) is 31.3 Å². The van der Waals surface area contributed by atoms with Gasteiger partial charge in [0.25, 0.3) is 0 Å². The monoisotopic (exact) mass is 287 g/mol. The van der Waals surface area contributed by atoms with E-state index in [9.17, 15) is 5.11 Å². The molecule has 0 fully saturated rings. The van der Waals surface area contributed by atoms with Crippen molar-refractivity contribution in [1.82, 2.24) is 4.98 Å². The minimum absolute atomic E-state index is 0.334. The Labute approximate surface area is 126 Å². The van der Waals surface area contributed by atoms with Gasteiger partial charge in [0, 0.05) is 40.6 Å². The second-order valence-electron chi connectivity index (χ2n) is 5.60. The topological polar surface area (TPSA) is 71.2 Å². The molecule has 2 aromatic rings. The lowest BCUT2D eigenvalue weighted by atomic mass is 9.96. The molecule has 0 amide bonds. The highest BCUT2D eigenvalue weighted by Crippen LogP contribution is 2.28. The van der Waals surface area contributed by atoms with Crippen LogP contribution in [0.2, 0.25) is 0 Å². The van der Waals surface area contributed by atoms with Crippen molar-refractivity contribution in [3.05, 3.63) is 30.1 Å². The molecule has 1 heterocycles. The molecule has 4 N–H and O–H groups in total. The van der Waals surface area contributed by atoms with E-state index in [0.29, 0.717) is 12.5 Å². The maximum atomic E-state index is 10.3. The van der Waals surface area contributed by atoms with E-state index in [2.05, 4.69) is 24.1 Å². The van der Waals surface area contributed by atoms with Crippen LogP contribution in [-0.2, 0) is 0 Å². The molecule has 0 bridgehead atoms. The number of rotatable bonds is 6. The van der Waals surface area contributed by atoms with Crippen LogP contribution in [0.1, 0.15) is 32.4 Å². The molecule has 0 aliphatic rings. The second kappa shape index (κ2) is 6.76. The first-order valence-electron chi connectivity index (χ1n) is 7.63. The van der Waals surface area contributed by atoms with Crippen LogP contribution in [0, 0.1) is 12.8 Å². The minimum Gasteiger partial charge on any atom is -0.398 e. The Morgan fingerprint density at radius 2 is 1.95 bits per heavy atom. The predicted octanol–water partition coefficient (Wildman–Crippen LogP) is 3.33. The van der Waals surface area contributed by atoms with E-state index in [1.54, 1.807) is 0 Å². The molecule has 4 nitrogen and oxygen atoms in total. The van der Waals surface area contributed by atoms with Crippen LogP contribution in [-0.4, -0.2) is 22.7 Å². The van der Waals surface area contributed by atoms with Crippen LogP contribution in [0.4, 0.5) is 11.4 Å². The molecule has 1 aromatic carbocycles. The summed E-state index contributed by atoms with van der Waals surface area (Å²) in [6.45, 7) is 6.74. The van der Waals surface area contributed by atoms with E-state index in [4.69, 9.17) is 5.73 Å². The summed E-state index contributed by atoms with van der Waals surface area (Å²) in [7, 11) is 0. The SMILES string of the molecule is CCC(CC)C(O)CNc1ccc(N)c2cnc(C)cc12. The quantitative estimate of drug-likeness (QED) is 0.713. The van der Waals surface area contributed by atoms with Crippen LogP contribution >= 0.6 is 0 Å². The number of nitrogens with two attached hydrogens (primary N) is 1. The number of pyridine rings is 1. The number of nitrogens with zero attached hydrogens (tertiary/aromatic N) is 1. The van der Waals surface area contributed by atoms with Crippen molar-refractivity contribution in [2.75, 3.05) is 17.6 Å². The van der Waals surface area contributed by atoms with Gasteiger partial charge in [-0.3, -0.25) is 4.98 Å². The minimum atomic E-state index is -0.337. The summed E-state index contributed by atoms with van der Waals surface area (Å²) in [5.41, 5.74) is 8.68. The third-order valence-electron chi connectivity index (χ3n) is 4.17. The van der Waals surface area contributed by atoms with Gasteiger partial charge < -0.3 is 16.2 Å². The van der Waals surface area contributed by atoms with Gasteiger partial charge in [0.2, 0.25) is 0 Å². The van der Waals surface area contributed by atoms with Crippen LogP contribution in [0.15, 0.2) is 24.4 Å². The predicted molar refractivity (Wildman–Crippen MR) is 89.5 cm³/mol. The fraction of sp³-hybridized carbons (Fsp3) is 0.471. The average molecular weight is 287 g/mol. The van der Waals surface area contributed by atoms with Crippen LogP contribution in [0.25, 0.3) is 10.8 Å². The lowest BCUT2D eigenvalue weighted by Crippen LogP contribution is -2.27. The number of anilines is 2. The van der Waals surface area contributed by atoms with Gasteiger partial charge >= 0.3 is 0 Å². The zero-order chi connectivity index (χ0) is 15.4. The van der Waals surface area contributed by atoms with Crippen molar-refractivity contribution < 1.29 is 5.11 Å². The van der Waals surface area contributed by atoms with Gasteiger partial charge in [0.1, 0.15) is 0 Å². The van der Waals surface area contributed by atoms with E-state index < -0.39 is 0 Å². The number of nitrogens with one attached hydrogen (secondary N) is 1. The number of aliphatic hydroxyl groups excluding tert-OH is 1. The summed E-state index contributed by atoms with van der Waals surface area (Å²) < 4.78 is 0. The number of aliphatic hydroxyl groups is 1. The maximum Gasteiger partial charge on any atom is 0.0740 e. The van der Waals surface area contributed by atoms with Gasteiger partial charge in [0.15, 0.2) is 0 Å². The Kier molecular flexibility index (Phi) is 5.02. The van der Waals surface area contributed by atoms with Crippen LogP contribution < -0.4 is 11.1 Å². The number of aromatic nitrogens is 1. The van der Waals surface area contributed by atoms with Gasteiger partial charge in [-0.05, 0) is 31.0 Å². The Morgan fingerprint density at radius 1 is 1.24 bits per heavy atom. The maximum absolute atomic E-state index is 10.3. The largest absolute Gasteiger partial charge is 0.398 e. The van der Waals surface area contributed by atoms with E-state index in [0.717, 1.165) is 40.7 Å². The number of fused-ring (bicyclic) bond motifs is 1. The highest BCUT2D eigenvalue weighted by atomic mass is 16.3. The van der Waals surface area contributed by atoms with Gasteiger partial charge in [-0.15, -0.1) is 0 Å². The molecule has 0 saturated heterocycles. The standard InChI is InChI=1S/C17H25N3O/c1-4-12(5-2)17(21)10-20-16-7-6-15(18)14-9-19-11(3)8-13(14)16/h6-9,12,17,20-21H,4-5,10,18H2,1-3H3. The highest BCUT2D eigenvalue weighted by molar-refractivity contribution is 6.00. The summed E-state index contributed by atoms with van der Waals surface area (Å²) in [6.07, 6.45) is 3.45. The Morgan fingerprint density at radius 3 is 2.62 bits per heavy atom. The van der Waals surface area contributed by atoms with Crippen molar-refractivity contribution in [1.29, 1.82) is 0 Å². The van der Waals surface area contributed by atoms with Crippen LogP contribution in [0.5, 0.6) is 0 Å². The number of benzene rings is 1. The molecule has 0 aliphatic carbocycles. The first-order valence-corrected chi connectivity index (χ1v) is 7.63. The molecule has 2 rings (SSSR count). The molecule has 1 aromatic heterocycles. The van der Waals surface area contributed by atoms with Gasteiger partial charge in [0.05, 0.1) is 6.10 Å². The molecular weight excluding hydrogens is 262 g/mol. The normalized spacial score (nSPS) is 12.8. The average Bonchev–Trinajstić information content (AvgIpc) is 2.47. The molecular formula is C17H25N3O. The Balaban J connectivity index is 2.23. The molecule has 0 aliphatic heterocycles. The summed E-state index contributed by atoms with van der Waals surface area (Å²) in [4.78, 5) is 4.30. The first-order chi connectivity index (χ1) is 10.1. The molecule has 0 saturated carbocycles. The summed E-state index contributed by atoms with van der Waals surface area (Å²) in [6, 6.07) is 5.87. The van der Waals surface area contributed by atoms with Gasteiger partial charge in [-0.2, -0.15) is 0 Å². The molecule has 0 spiro atoms. The number of hydrogen-bond acceptors (Lipinski definition) is 4. The molecule has 21 heavy (non-hydrogen) atoms. The Hall–Kier alpha value is -1.81. The van der Waals surface area contributed by atoms with E-state index in [-0.39, 0.29) is 6.10 Å². The lowest BCUT2D eigenvalue weighted by Gasteiger charge is -2.21. The number of aryl methyl sites for hydroxylation is 1. The van der Waals surface area contributed by atoms with E-state index in [1.165, 1.54) is 0 Å². The molecule has 4 heteroatoms. The molecule has 114 valence electrons. The van der Waals surface area contributed by atoms with Crippen molar-refractivity contribution in [2.24, 2.45) is 5.92 Å². The fourth-order valence-electron chi connectivity index (χ4n) is 2.73. The Bertz CT molecular complexity index is 608. The van der Waals surface area contributed by atoms with Gasteiger partial charge in [-0.1, -0.05) is 26.7 Å². The smallest absolute Gasteiger partial charge is 0.0740 e. The molecule has 1 atom stereocenters. The van der Waals surface area contributed by atoms with E-state index >= 15 is 0 Å². The van der Waals surface area contributed by atoms with Crippen molar-refractivity contribution >= 4 is 22.1 Å². The van der Waals surface area contributed by atoms with Crippen molar-refractivity contribution in [2.45, 2.75) is 39.7 Å². The van der Waals surface area contributed by atoms with Crippen LogP contribution in [0.3, 0.4) is 0 Å². The third kappa shape index (κ3) is 3.45. The zero-order valence-electron chi connectivity index (χ0n) is 13.1. The van der Waals surface area contributed by atoms with Crippen molar-refractivity contribution in [3.63, 3.8) is 0 Å². The fourth-order valence-corrected chi connectivity index (χ4v) is 2.73. The molecule has 0 radical (unpaired) electrons. The van der Waals surface area contributed by atoms with Gasteiger partial charge in [-0.25, -0.2) is 0 Å². The molecule has 1 unspecified atom stereocenters. The summed E-state index contributed by atoms with van der Waals surface area (Å²) in [5.74, 6) is 0.334. The summed E-state index contributed by atoms with van der Waals surface area (Å²) >= 11 is 0. The van der Waals surface area contributed by atoms with Crippen molar-refractivity contribution in [3.8, 4) is 0 Å². The highest BCUT2D eigenvalue weighted by Gasteiger charge is 2.15. The summed E-state index contributed by atoms with van der Waals surface area (Å²) in [5, 5.41) is 15.6. The third-order valence-corrected chi connectivity index (χ3v) is 4.17. The lowest BCUT2D eigenvalue weighted by molar-refractivity contribution is 0.114. The number of nitrogen functional groups attached to an aromatic ring is 1. The number of hydrogen-bond donors (Lipinski definition) is 3. The zero-order valence-corrected chi connectivity index (χ0v) is 13.1. The second-order valence-corrected chi connectivity index (χ2v) is 5.60. The first kappa shape index (κ1) is 15.6.